The van der Waals surface area contributed by atoms with Crippen molar-refractivity contribution in [1.82, 2.24) is 9.80 Å². The third-order valence-electron chi connectivity index (χ3n) is 4.60. The number of piperazine rings is 1. The van der Waals surface area contributed by atoms with E-state index in [1.165, 1.54) is 25.5 Å². The number of hydrogen-bond donors (Lipinski definition) is 1. The molecule has 0 bridgehead atoms. The lowest BCUT2D eigenvalue weighted by Crippen LogP contribution is -2.49. The molecule has 0 aromatic heterocycles. The number of nitrogens with two attached hydrogens (primary N) is 1. The van der Waals surface area contributed by atoms with Crippen LogP contribution in [0, 0.1) is 11.7 Å². The molecule has 21 heavy (non-hydrogen) atoms. The second kappa shape index (κ2) is 6.73. The molecule has 2 fully saturated rings. The summed E-state index contributed by atoms with van der Waals surface area (Å²) >= 11 is 3.53. The van der Waals surface area contributed by atoms with Crippen molar-refractivity contribution in [2.45, 2.75) is 18.9 Å². The fourth-order valence-electron chi connectivity index (χ4n) is 3.17. The van der Waals surface area contributed by atoms with Crippen LogP contribution >= 0.6 is 15.9 Å². The molecule has 1 saturated heterocycles. The normalized spacial score (nSPS) is 22.4. The van der Waals surface area contributed by atoms with E-state index in [4.69, 9.17) is 5.73 Å². The highest BCUT2D eigenvalue weighted by Crippen LogP contribution is 2.31. The predicted octanol–water partition coefficient (Wildman–Crippen LogP) is 2.62. The van der Waals surface area contributed by atoms with Crippen LogP contribution in [0.25, 0.3) is 0 Å². The molecular weight excluding hydrogens is 333 g/mol. The largest absolute Gasteiger partial charge is 0.329 e. The SMILES string of the molecule is NCC(c1cc(F)ccc1Br)N1CCN(CC2CC2)CC1. The first kappa shape index (κ1) is 15.4. The Balaban J connectivity index is 1.65. The molecule has 3 nitrogen and oxygen atoms in total. The van der Waals surface area contributed by atoms with Gasteiger partial charge >= 0.3 is 0 Å². The van der Waals surface area contributed by atoms with Gasteiger partial charge in [-0.05, 0) is 42.5 Å². The third-order valence-corrected chi connectivity index (χ3v) is 5.32. The number of halogens is 2. The second-order valence-corrected chi connectivity index (χ2v) is 7.05. The highest BCUT2D eigenvalue weighted by Gasteiger charge is 2.29. The molecule has 1 atom stereocenters. The van der Waals surface area contributed by atoms with Gasteiger partial charge in [0.2, 0.25) is 0 Å². The number of hydrogen-bond acceptors (Lipinski definition) is 3. The van der Waals surface area contributed by atoms with E-state index in [1.54, 1.807) is 12.1 Å². The van der Waals surface area contributed by atoms with Gasteiger partial charge in [-0.3, -0.25) is 4.90 Å². The zero-order valence-electron chi connectivity index (χ0n) is 12.3. The molecule has 0 radical (unpaired) electrons. The predicted molar refractivity (Wildman–Crippen MR) is 86.6 cm³/mol. The summed E-state index contributed by atoms with van der Waals surface area (Å²) in [6.45, 7) is 5.99. The summed E-state index contributed by atoms with van der Waals surface area (Å²) in [6.07, 6.45) is 2.81. The van der Waals surface area contributed by atoms with Crippen molar-refractivity contribution in [2.75, 3.05) is 39.3 Å². The third kappa shape index (κ3) is 3.83. The van der Waals surface area contributed by atoms with Crippen molar-refractivity contribution in [2.24, 2.45) is 11.7 Å². The van der Waals surface area contributed by atoms with Crippen LogP contribution in [0.4, 0.5) is 4.39 Å². The van der Waals surface area contributed by atoms with E-state index in [9.17, 15) is 4.39 Å². The smallest absolute Gasteiger partial charge is 0.123 e. The monoisotopic (exact) mass is 355 g/mol. The summed E-state index contributed by atoms with van der Waals surface area (Å²) in [5.41, 5.74) is 6.95. The molecule has 2 aliphatic rings. The molecule has 5 heteroatoms. The topological polar surface area (TPSA) is 32.5 Å². The first-order chi connectivity index (χ1) is 10.2. The van der Waals surface area contributed by atoms with Crippen LogP contribution in [-0.4, -0.2) is 49.1 Å². The highest BCUT2D eigenvalue weighted by atomic mass is 79.9. The van der Waals surface area contributed by atoms with E-state index in [2.05, 4.69) is 25.7 Å². The molecule has 116 valence electrons. The Hall–Kier alpha value is -0.490. The molecular formula is C16H23BrFN3. The van der Waals surface area contributed by atoms with Crippen molar-refractivity contribution >= 4 is 15.9 Å². The maximum absolute atomic E-state index is 13.5. The quantitative estimate of drug-likeness (QED) is 0.880. The Bertz CT molecular complexity index is 484. The van der Waals surface area contributed by atoms with E-state index in [0.717, 1.165) is 42.1 Å². The fourth-order valence-corrected chi connectivity index (χ4v) is 3.68. The minimum absolute atomic E-state index is 0.0955. The van der Waals surface area contributed by atoms with Crippen molar-refractivity contribution in [3.8, 4) is 0 Å². The van der Waals surface area contributed by atoms with E-state index in [1.807, 2.05) is 0 Å². The van der Waals surface area contributed by atoms with Crippen LogP contribution in [-0.2, 0) is 0 Å². The van der Waals surface area contributed by atoms with Crippen molar-refractivity contribution < 1.29 is 4.39 Å². The Morgan fingerprint density at radius 2 is 1.95 bits per heavy atom. The average molecular weight is 356 g/mol. The average Bonchev–Trinajstić information content (AvgIpc) is 3.29. The fraction of sp³-hybridized carbons (Fsp3) is 0.625. The molecule has 0 amide bonds. The van der Waals surface area contributed by atoms with Gasteiger partial charge < -0.3 is 10.6 Å². The Morgan fingerprint density at radius 1 is 1.24 bits per heavy atom. The van der Waals surface area contributed by atoms with Crippen molar-refractivity contribution in [3.63, 3.8) is 0 Å². The molecule has 1 aliphatic heterocycles. The summed E-state index contributed by atoms with van der Waals surface area (Å²) in [6, 6.07) is 4.96. The van der Waals surface area contributed by atoms with Gasteiger partial charge in [-0.1, -0.05) is 15.9 Å². The van der Waals surface area contributed by atoms with Crippen LogP contribution in [0.5, 0.6) is 0 Å². The number of benzene rings is 1. The zero-order chi connectivity index (χ0) is 14.8. The molecule has 1 heterocycles. The summed E-state index contributed by atoms with van der Waals surface area (Å²) in [4.78, 5) is 4.95. The van der Waals surface area contributed by atoms with E-state index >= 15 is 0 Å². The van der Waals surface area contributed by atoms with Gasteiger partial charge in [0.1, 0.15) is 5.82 Å². The number of nitrogens with zero attached hydrogens (tertiary/aromatic N) is 2. The first-order valence-corrected chi connectivity index (χ1v) is 8.58. The molecule has 1 aliphatic carbocycles. The lowest BCUT2D eigenvalue weighted by molar-refractivity contribution is 0.0952. The molecule has 1 unspecified atom stereocenters. The van der Waals surface area contributed by atoms with Gasteiger partial charge in [0, 0.05) is 49.8 Å². The first-order valence-electron chi connectivity index (χ1n) is 7.79. The summed E-state index contributed by atoms with van der Waals surface area (Å²) < 4.78 is 14.5. The van der Waals surface area contributed by atoms with Gasteiger partial charge in [0.25, 0.3) is 0 Å². The molecule has 1 aromatic carbocycles. The molecule has 3 rings (SSSR count). The Morgan fingerprint density at radius 3 is 2.57 bits per heavy atom. The van der Waals surface area contributed by atoms with Crippen LogP contribution in [0.15, 0.2) is 22.7 Å². The van der Waals surface area contributed by atoms with Gasteiger partial charge in [0.05, 0.1) is 0 Å². The van der Waals surface area contributed by atoms with Crippen LogP contribution in [0.1, 0.15) is 24.4 Å². The standard InChI is InChI=1S/C16H23BrFN3/c17-15-4-3-13(18)9-14(15)16(10-19)21-7-5-20(6-8-21)11-12-1-2-12/h3-4,9,12,16H,1-2,5-8,10-11,19H2. The Kier molecular flexibility index (Phi) is 4.94. The lowest BCUT2D eigenvalue weighted by Gasteiger charge is -2.39. The van der Waals surface area contributed by atoms with Crippen LogP contribution in [0.2, 0.25) is 0 Å². The second-order valence-electron chi connectivity index (χ2n) is 6.20. The Labute approximate surface area is 134 Å². The van der Waals surface area contributed by atoms with Crippen LogP contribution in [0.3, 0.4) is 0 Å². The van der Waals surface area contributed by atoms with E-state index in [0.29, 0.717) is 6.54 Å². The zero-order valence-corrected chi connectivity index (χ0v) is 13.9. The van der Waals surface area contributed by atoms with Gasteiger partial charge in [-0.15, -0.1) is 0 Å². The van der Waals surface area contributed by atoms with Crippen molar-refractivity contribution in [1.29, 1.82) is 0 Å². The summed E-state index contributed by atoms with van der Waals surface area (Å²) in [5.74, 6) is 0.748. The summed E-state index contributed by atoms with van der Waals surface area (Å²) in [7, 11) is 0. The maximum atomic E-state index is 13.5. The van der Waals surface area contributed by atoms with Crippen molar-refractivity contribution in [3.05, 3.63) is 34.1 Å². The molecule has 2 N–H and O–H groups in total. The molecule has 1 saturated carbocycles. The van der Waals surface area contributed by atoms with Gasteiger partial charge in [-0.2, -0.15) is 0 Å². The van der Waals surface area contributed by atoms with E-state index < -0.39 is 0 Å². The minimum atomic E-state index is -0.195. The highest BCUT2D eigenvalue weighted by molar-refractivity contribution is 9.10. The van der Waals surface area contributed by atoms with Crippen LogP contribution < -0.4 is 5.73 Å². The van der Waals surface area contributed by atoms with Gasteiger partial charge in [-0.25, -0.2) is 4.39 Å². The minimum Gasteiger partial charge on any atom is -0.329 e. The lowest BCUT2D eigenvalue weighted by atomic mass is 10.0. The van der Waals surface area contributed by atoms with E-state index in [-0.39, 0.29) is 11.9 Å². The van der Waals surface area contributed by atoms with Gasteiger partial charge in [0.15, 0.2) is 0 Å². The molecule has 1 aromatic rings. The summed E-state index contributed by atoms with van der Waals surface area (Å²) in [5, 5.41) is 0. The molecule has 0 spiro atoms. The number of rotatable bonds is 5. The maximum Gasteiger partial charge on any atom is 0.123 e.